The fourth-order valence-electron chi connectivity index (χ4n) is 2.73. The number of likely N-dealkylation sites (tertiary alicyclic amines) is 1. The molecule has 1 saturated heterocycles. The van der Waals surface area contributed by atoms with Crippen LogP contribution < -0.4 is 5.32 Å². The van der Waals surface area contributed by atoms with Crippen molar-refractivity contribution in [2.24, 2.45) is 0 Å². The van der Waals surface area contributed by atoms with Crippen LogP contribution in [0.25, 0.3) is 0 Å². The summed E-state index contributed by atoms with van der Waals surface area (Å²) in [5.41, 5.74) is -0.0650. The van der Waals surface area contributed by atoms with E-state index in [1.807, 2.05) is 11.8 Å². The number of nitrogens with one attached hydrogen (secondary N) is 1. The molecule has 2 atom stereocenters. The molecule has 1 aromatic rings. The molecule has 5 nitrogen and oxygen atoms in total. The summed E-state index contributed by atoms with van der Waals surface area (Å²) in [5, 5.41) is 21.8. The zero-order valence-electron chi connectivity index (χ0n) is 12.1. The van der Waals surface area contributed by atoms with Crippen LogP contribution in [0, 0.1) is 5.82 Å². The lowest BCUT2D eigenvalue weighted by molar-refractivity contribution is -0.116. The van der Waals surface area contributed by atoms with E-state index in [2.05, 4.69) is 5.32 Å². The zero-order chi connectivity index (χ0) is 15.5. The molecular formula is C15H21FN2O3. The van der Waals surface area contributed by atoms with E-state index in [4.69, 9.17) is 0 Å². The highest BCUT2D eigenvalue weighted by Crippen LogP contribution is 2.28. The molecule has 1 fully saturated rings. The maximum absolute atomic E-state index is 13.0. The van der Waals surface area contributed by atoms with Crippen molar-refractivity contribution in [2.75, 3.05) is 25.0 Å². The summed E-state index contributed by atoms with van der Waals surface area (Å²) < 4.78 is 13.0. The van der Waals surface area contributed by atoms with Gasteiger partial charge in [-0.25, -0.2) is 4.39 Å². The lowest BCUT2D eigenvalue weighted by Crippen LogP contribution is -2.45. The second-order valence-corrected chi connectivity index (χ2v) is 5.77. The van der Waals surface area contributed by atoms with E-state index >= 15 is 0 Å². The highest BCUT2D eigenvalue weighted by Gasteiger charge is 2.40. The van der Waals surface area contributed by atoms with Crippen molar-refractivity contribution in [1.82, 2.24) is 4.90 Å². The van der Waals surface area contributed by atoms with Gasteiger partial charge in [0.25, 0.3) is 0 Å². The Hall–Kier alpha value is -1.50. The highest BCUT2D eigenvalue weighted by atomic mass is 19.1. The van der Waals surface area contributed by atoms with E-state index in [0.29, 0.717) is 25.2 Å². The number of aliphatic hydroxyl groups is 2. The van der Waals surface area contributed by atoms with Gasteiger partial charge in [-0.05, 0) is 31.5 Å². The summed E-state index contributed by atoms with van der Waals surface area (Å²) in [5.74, 6) is -0.620. The average molecular weight is 296 g/mol. The van der Waals surface area contributed by atoms with Gasteiger partial charge in [0.15, 0.2) is 0 Å². The minimum atomic E-state index is -0.488. The van der Waals surface area contributed by atoms with E-state index in [9.17, 15) is 19.4 Å². The van der Waals surface area contributed by atoms with E-state index in [1.54, 1.807) is 6.07 Å². The van der Waals surface area contributed by atoms with Gasteiger partial charge >= 0.3 is 0 Å². The van der Waals surface area contributed by atoms with Gasteiger partial charge in [0.05, 0.1) is 12.7 Å². The third kappa shape index (κ3) is 4.00. The normalized spacial score (nSPS) is 26.0. The maximum Gasteiger partial charge on any atom is 0.225 e. The molecule has 0 spiro atoms. The van der Waals surface area contributed by atoms with Crippen LogP contribution in [-0.2, 0) is 4.79 Å². The standard InChI is InChI=1S/C15H21FN2O3/c1-15(10-19)8-13(20)9-18(15)6-5-14(21)17-12-4-2-3-11(16)7-12/h2-4,7,13,19-20H,5-6,8-10H2,1H3,(H,17,21). The Morgan fingerprint density at radius 1 is 1.57 bits per heavy atom. The van der Waals surface area contributed by atoms with E-state index in [0.717, 1.165) is 0 Å². The van der Waals surface area contributed by atoms with Crippen LogP contribution >= 0.6 is 0 Å². The fraction of sp³-hybridized carbons (Fsp3) is 0.533. The van der Waals surface area contributed by atoms with Crippen molar-refractivity contribution in [3.05, 3.63) is 30.1 Å². The molecule has 21 heavy (non-hydrogen) atoms. The van der Waals surface area contributed by atoms with E-state index < -0.39 is 17.5 Å². The van der Waals surface area contributed by atoms with Crippen LogP contribution in [0.4, 0.5) is 10.1 Å². The number of benzene rings is 1. The summed E-state index contributed by atoms with van der Waals surface area (Å²) in [6.45, 7) is 2.70. The van der Waals surface area contributed by atoms with E-state index in [-0.39, 0.29) is 18.9 Å². The quantitative estimate of drug-likeness (QED) is 0.757. The number of β-amino-alcohol motifs (C(OH)–C–C–N with tert-alkyl or cyclic N) is 1. The predicted octanol–water partition coefficient (Wildman–Crippen LogP) is 0.972. The van der Waals surface area contributed by atoms with Crippen molar-refractivity contribution >= 4 is 11.6 Å². The molecule has 1 aromatic carbocycles. The van der Waals surface area contributed by atoms with Gasteiger partial charge in [0, 0.05) is 30.7 Å². The van der Waals surface area contributed by atoms with Gasteiger partial charge in [-0.3, -0.25) is 9.69 Å². The molecular weight excluding hydrogens is 275 g/mol. The number of anilines is 1. The Kier molecular flexibility index (Phi) is 4.92. The second-order valence-electron chi connectivity index (χ2n) is 5.77. The molecule has 0 bridgehead atoms. The van der Waals surface area contributed by atoms with Gasteiger partial charge in [-0.1, -0.05) is 6.07 Å². The number of carbonyl (C=O) groups is 1. The summed E-state index contributed by atoms with van der Waals surface area (Å²) in [6.07, 6.45) is 0.238. The minimum absolute atomic E-state index is 0.0599. The number of rotatable bonds is 5. The average Bonchev–Trinajstić information content (AvgIpc) is 2.72. The van der Waals surface area contributed by atoms with Crippen molar-refractivity contribution in [3.8, 4) is 0 Å². The first-order valence-electron chi connectivity index (χ1n) is 7.02. The topological polar surface area (TPSA) is 72.8 Å². The van der Waals surface area contributed by atoms with Gasteiger partial charge in [0.2, 0.25) is 5.91 Å². The second kappa shape index (κ2) is 6.51. The van der Waals surface area contributed by atoms with Gasteiger partial charge in [-0.2, -0.15) is 0 Å². The number of aliphatic hydroxyl groups excluding tert-OH is 2. The Labute approximate surface area is 123 Å². The van der Waals surface area contributed by atoms with Crippen LogP contribution in [0.15, 0.2) is 24.3 Å². The smallest absolute Gasteiger partial charge is 0.225 e. The highest BCUT2D eigenvalue weighted by molar-refractivity contribution is 5.90. The maximum atomic E-state index is 13.0. The molecule has 2 rings (SSSR count). The summed E-state index contributed by atoms with van der Waals surface area (Å²) in [4.78, 5) is 13.8. The molecule has 0 aromatic heterocycles. The predicted molar refractivity (Wildman–Crippen MR) is 77.3 cm³/mol. The summed E-state index contributed by atoms with van der Waals surface area (Å²) in [7, 11) is 0. The number of nitrogens with zero attached hydrogens (tertiary/aromatic N) is 1. The van der Waals surface area contributed by atoms with Gasteiger partial charge in [0.1, 0.15) is 5.82 Å². The molecule has 1 aliphatic heterocycles. The zero-order valence-corrected chi connectivity index (χ0v) is 12.1. The van der Waals surface area contributed by atoms with Crippen LogP contribution in [0.3, 0.4) is 0 Å². The molecule has 0 radical (unpaired) electrons. The SMILES string of the molecule is CC1(CO)CC(O)CN1CCC(=O)Nc1cccc(F)c1. The summed E-state index contributed by atoms with van der Waals surface area (Å²) >= 11 is 0. The molecule has 6 heteroatoms. The lowest BCUT2D eigenvalue weighted by atomic mass is 9.99. The molecule has 1 heterocycles. The molecule has 2 unspecified atom stereocenters. The number of hydrogen-bond donors (Lipinski definition) is 3. The van der Waals surface area contributed by atoms with Crippen molar-refractivity contribution in [1.29, 1.82) is 0 Å². The Bertz CT molecular complexity index is 511. The molecule has 0 saturated carbocycles. The largest absolute Gasteiger partial charge is 0.394 e. The Balaban J connectivity index is 1.86. The monoisotopic (exact) mass is 296 g/mol. The fourth-order valence-corrected chi connectivity index (χ4v) is 2.73. The third-order valence-electron chi connectivity index (χ3n) is 3.93. The number of hydrogen-bond acceptors (Lipinski definition) is 4. The van der Waals surface area contributed by atoms with Gasteiger partial charge < -0.3 is 15.5 Å². The van der Waals surface area contributed by atoms with Crippen molar-refractivity contribution in [3.63, 3.8) is 0 Å². The Morgan fingerprint density at radius 2 is 2.33 bits per heavy atom. The molecule has 1 aliphatic rings. The molecule has 116 valence electrons. The third-order valence-corrected chi connectivity index (χ3v) is 3.93. The molecule has 1 amide bonds. The summed E-state index contributed by atoms with van der Waals surface area (Å²) in [6, 6.07) is 5.73. The van der Waals surface area contributed by atoms with Crippen LogP contribution in [0.5, 0.6) is 0 Å². The van der Waals surface area contributed by atoms with Crippen molar-refractivity contribution < 1.29 is 19.4 Å². The Morgan fingerprint density at radius 3 is 3.00 bits per heavy atom. The van der Waals surface area contributed by atoms with Crippen LogP contribution in [-0.4, -0.2) is 52.4 Å². The van der Waals surface area contributed by atoms with Crippen LogP contribution in [0.1, 0.15) is 19.8 Å². The van der Waals surface area contributed by atoms with Crippen molar-refractivity contribution in [2.45, 2.75) is 31.4 Å². The number of halogens is 1. The number of carbonyl (C=O) groups excluding carboxylic acids is 1. The molecule has 0 aliphatic carbocycles. The van der Waals surface area contributed by atoms with E-state index in [1.165, 1.54) is 18.2 Å². The first kappa shape index (κ1) is 15.9. The minimum Gasteiger partial charge on any atom is -0.394 e. The van der Waals surface area contributed by atoms with Gasteiger partial charge in [-0.15, -0.1) is 0 Å². The van der Waals surface area contributed by atoms with Crippen LogP contribution in [0.2, 0.25) is 0 Å². The first-order valence-corrected chi connectivity index (χ1v) is 7.02. The molecule has 3 N–H and O–H groups in total. The first-order chi connectivity index (χ1) is 9.93. The number of amides is 1. The lowest BCUT2D eigenvalue weighted by Gasteiger charge is -2.32.